The topological polar surface area (TPSA) is 98.3 Å². The van der Waals surface area contributed by atoms with Crippen LogP contribution in [0.5, 0.6) is 5.75 Å². The lowest BCUT2D eigenvalue weighted by atomic mass is 10.0. The molecule has 1 N–H and O–H groups in total. The van der Waals surface area contributed by atoms with Gasteiger partial charge in [0.1, 0.15) is 11.5 Å². The second-order valence-corrected chi connectivity index (χ2v) is 7.75. The van der Waals surface area contributed by atoms with Crippen molar-refractivity contribution in [3.63, 3.8) is 0 Å². The predicted molar refractivity (Wildman–Crippen MR) is 124 cm³/mol. The van der Waals surface area contributed by atoms with E-state index in [0.717, 1.165) is 45.3 Å². The van der Waals surface area contributed by atoms with Gasteiger partial charge in [0.25, 0.3) is 0 Å². The summed E-state index contributed by atoms with van der Waals surface area (Å²) in [5, 5.41) is 8.86. The number of carbonyl (C=O) groups is 1. The summed E-state index contributed by atoms with van der Waals surface area (Å²) in [4.78, 5) is 24.2. The molecule has 33 heavy (non-hydrogen) atoms. The van der Waals surface area contributed by atoms with E-state index in [4.69, 9.17) is 14.3 Å². The number of ether oxygens (including phenoxy) is 1. The first-order valence-electron chi connectivity index (χ1n) is 10.8. The third-order valence-electron chi connectivity index (χ3n) is 5.36. The van der Waals surface area contributed by atoms with Crippen LogP contribution in [0.2, 0.25) is 0 Å². The summed E-state index contributed by atoms with van der Waals surface area (Å²) in [5.41, 5.74) is 5.29. The van der Waals surface area contributed by atoms with Crippen molar-refractivity contribution in [2.45, 2.75) is 33.1 Å². The molecule has 4 rings (SSSR count). The minimum absolute atomic E-state index is 0.121. The Hall–Kier alpha value is -4.00. The van der Waals surface area contributed by atoms with Crippen LogP contribution in [0.15, 0.2) is 65.3 Å². The Bertz CT molecular complexity index is 1230. The van der Waals surface area contributed by atoms with Crippen molar-refractivity contribution in [2.75, 3.05) is 6.61 Å². The number of oxazole rings is 1. The molecular formula is C26H25N3O4. The number of benzene rings is 1. The number of aryl methyl sites for hydroxylation is 3. The van der Waals surface area contributed by atoms with Crippen molar-refractivity contribution in [2.24, 2.45) is 0 Å². The van der Waals surface area contributed by atoms with Crippen LogP contribution in [-0.2, 0) is 17.6 Å². The maximum absolute atomic E-state index is 10.8. The molecule has 168 valence electrons. The van der Waals surface area contributed by atoms with Gasteiger partial charge in [0, 0.05) is 25.2 Å². The molecule has 4 aromatic rings. The molecule has 0 bridgehead atoms. The number of nitrogens with zero attached hydrogens (tertiary/aromatic N) is 3. The van der Waals surface area contributed by atoms with E-state index in [1.54, 1.807) is 12.4 Å². The SMILES string of the molecule is Cc1cc(OCCc2nc(-c3ccc(-c4ccccn4)nc3)oc2C)ccc1CCC(=O)O. The molecular weight excluding hydrogens is 418 g/mol. The Kier molecular flexibility index (Phi) is 6.78. The standard InChI is InChI=1S/C26H25N3O4/c1-17-15-21(9-6-19(17)8-11-25(30)31)32-14-12-22-18(2)33-26(29-22)20-7-10-24(28-16-20)23-5-3-4-13-27-23/h3-7,9-10,13,15-16H,8,11-12,14H2,1-2H3,(H,30,31). The highest BCUT2D eigenvalue weighted by atomic mass is 16.5. The molecule has 0 saturated heterocycles. The Balaban J connectivity index is 1.36. The summed E-state index contributed by atoms with van der Waals surface area (Å²) in [6.45, 7) is 4.31. The Morgan fingerprint density at radius 3 is 2.58 bits per heavy atom. The lowest BCUT2D eigenvalue weighted by Crippen LogP contribution is -2.04. The molecule has 0 radical (unpaired) electrons. The zero-order valence-electron chi connectivity index (χ0n) is 18.6. The molecule has 0 amide bonds. The van der Waals surface area contributed by atoms with Gasteiger partial charge in [-0.15, -0.1) is 0 Å². The summed E-state index contributed by atoms with van der Waals surface area (Å²) >= 11 is 0. The fraction of sp³-hybridized carbons (Fsp3) is 0.231. The van der Waals surface area contributed by atoms with Crippen LogP contribution in [0, 0.1) is 13.8 Å². The van der Waals surface area contributed by atoms with Gasteiger partial charge >= 0.3 is 5.97 Å². The highest BCUT2D eigenvalue weighted by molar-refractivity contribution is 5.67. The van der Waals surface area contributed by atoms with Crippen molar-refractivity contribution in [1.29, 1.82) is 0 Å². The molecule has 0 spiro atoms. The summed E-state index contributed by atoms with van der Waals surface area (Å²) in [6.07, 6.45) is 4.72. The number of hydrogen-bond acceptors (Lipinski definition) is 6. The maximum Gasteiger partial charge on any atom is 0.303 e. The first-order valence-corrected chi connectivity index (χ1v) is 10.8. The van der Waals surface area contributed by atoms with Crippen LogP contribution in [0.4, 0.5) is 0 Å². The van der Waals surface area contributed by atoms with E-state index >= 15 is 0 Å². The molecule has 0 aliphatic rings. The summed E-state index contributed by atoms with van der Waals surface area (Å²) < 4.78 is 11.7. The minimum Gasteiger partial charge on any atom is -0.493 e. The second kappa shape index (κ2) is 10.1. The van der Waals surface area contributed by atoms with E-state index in [0.29, 0.717) is 25.3 Å². The Labute approximate surface area is 192 Å². The lowest BCUT2D eigenvalue weighted by Gasteiger charge is -2.09. The number of carboxylic acid groups (broad SMARTS) is 1. The van der Waals surface area contributed by atoms with Gasteiger partial charge in [0.2, 0.25) is 5.89 Å². The normalized spacial score (nSPS) is 10.8. The second-order valence-electron chi connectivity index (χ2n) is 7.75. The van der Waals surface area contributed by atoms with E-state index in [-0.39, 0.29) is 6.42 Å². The van der Waals surface area contributed by atoms with Crippen molar-refractivity contribution in [3.8, 4) is 28.6 Å². The molecule has 0 atom stereocenters. The number of hydrogen-bond donors (Lipinski definition) is 1. The van der Waals surface area contributed by atoms with E-state index in [2.05, 4.69) is 15.0 Å². The Morgan fingerprint density at radius 1 is 1.03 bits per heavy atom. The van der Waals surface area contributed by atoms with Gasteiger partial charge in [-0.1, -0.05) is 12.1 Å². The van der Waals surface area contributed by atoms with Gasteiger partial charge in [0.05, 0.1) is 29.3 Å². The van der Waals surface area contributed by atoms with Crippen LogP contribution >= 0.6 is 0 Å². The van der Waals surface area contributed by atoms with Crippen LogP contribution < -0.4 is 4.74 Å². The third kappa shape index (κ3) is 5.63. The molecule has 3 aromatic heterocycles. The van der Waals surface area contributed by atoms with E-state index in [1.807, 2.05) is 62.4 Å². The van der Waals surface area contributed by atoms with Crippen LogP contribution in [0.3, 0.4) is 0 Å². The van der Waals surface area contributed by atoms with Crippen molar-refractivity contribution in [1.82, 2.24) is 15.0 Å². The van der Waals surface area contributed by atoms with Gasteiger partial charge in [0.15, 0.2) is 0 Å². The first kappa shape index (κ1) is 22.2. The van der Waals surface area contributed by atoms with E-state index in [9.17, 15) is 4.79 Å². The van der Waals surface area contributed by atoms with Crippen LogP contribution in [-0.4, -0.2) is 32.6 Å². The predicted octanol–water partition coefficient (Wildman–Crippen LogP) is 5.05. The average Bonchev–Trinajstić information content (AvgIpc) is 3.19. The Morgan fingerprint density at radius 2 is 1.88 bits per heavy atom. The van der Waals surface area contributed by atoms with Crippen molar-refractivity contribution >= 4 is 5.97 Å². The summed E-state index contributed by atoms with van der Waals surface area (Å²) in [6, 6.07) is 15.3. The first-order chi connectivity index (χ1) is 16.0. The largest absolute Gasteiger partial charge is 0.493 e. The minimum atomic E-state index is -0.794. The summed E-state index contributed by atoms with van der Waals surface area (Å²) in [7, 11) is 0. The van der Waals surface area contributed by atoms with Gasteiger partial charge in [-0.3, -0.25) is 14.8 Å². The van der Waals surface area contributed by atoms with Gasteiger partial charge in [-0.25, -0.2) is 4.98 Å². The molecule has 1 aromatic carbocycles. The maximum atomic E-state index is 10.8. The zero-order chi connectivity index (χ0) is 23.2. The molecule has 3 heterocycles. The van der Waals surface area contributed by atoms with E-state index in [1.165, 1.54) is 0 Å². The molecule has 7 heteroatoms. The monoisotopic (exact) mass is 443 g/mol. The van der Waals surface area contributed by atoms with Crippen LogP contribution in [0.1, 0.15) is 29.0 Å². The number of rotatable bonds is 9. The van der Waals surface area contributed by atoms with Crippen LogP contribution in [0.25, 0.3) is 22.8 Å². The summed E-state index contributed by atoms with van der Waals surface area (Å²) in [5.74, 6) is 1.24. The quantitative estimate of drug-likeness (QED) is 0.386. The van der Waals surface area contributed by atoms with Crippen molar-refractivity contribution < 1.29 is 19.1 Å². The average molecular weight is 444 g/mol. The van der Waals surface area contributed by atoms with Gasteiger partial charge in [-0.05, 0) is 67.8 Å². The lowest BCUT2D eigenvalue weighted by molar-refractivity contribution is -0.136. The fourth-order valence-electron chi connectivity index (χ4n) is 3.52. The highest BCUT2D eigenvalue weighted by Crippen LogP contribution is 2.24. The number of aromatic nitrogens is 3. The van der Waals surface area contributed by atoms with Gasteiger partial charge < -0.3 is 14.3 Å². The smallest absolute Gasteiger partial charge is 0.303 e. The molecule has 0 saturated carbocycles. The van der Waals surface area contributed by atoms with Crippen molar-refractivity contribution in [3.05, 3.63) is 83.5 Å². The van der Waals surface area contributed by atoms with Gasteiger partial charge in [-0.2, -0.15) is 0 Å². The molecule has 0 fully saturated rings. The molecule has 0 unspecified atom stereocenters. The number of pyridine rings is 2. The molecule has 0 aliphatic heterocycles. The molecule has 0 aliphatic carbocycles. The number of aliphatic carboxylic acids is 1. The third-order valence-corrected chi connectivity index (χ3v) is 5.36. The number of carboxylic acids is 1. The highest BCUT2D eigenvalue weighted by Gasteiger charge is 2.13. The molecule has 7 nitrogen and oxygen atoms in total. The van der Waals surface area contributed by atoms with E-state index < -0.39 is 5.97 Å². The fourth-order valence-corrected chi connectivity index (χ4v) is 3.52. The zero-order valence-corrected chi connectivity index (χ0v) is 18.6.